The third-order valence-electron chi connectivity index (χ3n) is 3.79. The number of aliphatic hydroxyl groups is 1. The molecule has 3 heteroatoms. The number of nitrogens with zero attached hydrogens (tertiary/aromatic N) is 2. The van der Waals surface area contributed by atoms with E-state index in [0.717, 1.165) is 44.6 Å². The second-order valence-corrected chi connectivity index (χ2v) is 5.42. The fourth-order valence-corrected chi connectivity index (χ4v) is 2.79. The maximum absolute atomic E-state index is 10.7. The minimum Gasteiger partial charge on any atom is -0.389 e. The SMILES string of the molecule is CCCN1CCCC(O)(Cc2ccccn2)CC1. The van der Waals surface area contributed by atoms with Gasteiger partial charge in [-0.15, -0.1) is 0 Å². The van der Waals surface area contributed by atoms with E-state index < -0.39 is 5.60 Å². The van der Waals surface area contributed by atoms with Crippen molar-refractivity contribution in [1.82, 2.24) is 9.88 Å². The van der Waals surface area contributed by atoms with Gasteiger partial charge in [-0.05, 0) is 50.9 Å². The first-order valence-electron chi connectivity index (χ1n) is 7.06. The van der Waals surface area contributed by atoms with Crippen LogP contribution in [0.3, 0.4) is 0 Å². The molecule has 0 radical (unpaired) electrons. The molecule has 1 N–H and O–H groups in total. The van der Waals surface area contributed by atoms with Gasteiger partial charge in [-0.25, -0.2) is 0 Å². The Morgan fingerprint density at radius 3 is 2.94 bits per heavy atom. The van der Waals surface area contributed by atoms with Crippen molar-refractivity contribution in [1.29, 1.82) is 0 Å². The summed E-state index contributed by atoms with van der Waals surface area (Å²) in [6.45, 7) is 5.50. The minimum absolute atomic E-state index is 0.559. The van der Waals surface area contributed by atoms with Crippen LogP contribution in [0.2, 0.25) is 0 Å². The summed E-state index contributed by atoms with van der Waals surface area (Å²) in [4.78, 5) is 6.80. The van der Waals surface area contributed by atoms with Crippen LogP contribution in [-0.2, 0) is 6.42 Å². The number of pyridine rings is 1. The molecule has 1 aromatic heterocycles. The molecule has 3 nitrogen and oxygen atoms in total. The van der Waals surface area contributed by atoms with Gasteiger partial charge < -0.3 is 10.0 Å². The largest absolute Gasteiger partial charge is 0.389 e. The Kier molecular flexibility index (Phi) is 4.72. The molecule has 1 aliphatic rings. The molecule has 1 atom stereocenters. The summed E-state index contributed by atoms with van der Waals surface area (Å²) < 4.78 is 0. The Bertz CT molecular complexity index is 355. The Morgan fingerprint density at radius 2 is 2.22 bits per heavy atom. The van der Waals surface area contributed by atoms with Gasteiger partial charge in [0, 0.05) is 24.9 Å². The van der Waals surface area contributed by atoms with Crippen LogP contribution in [0.15, 0.2) is 24.4 Å². The summed E-state index contributed by atoms with van der Waals surface area (Å²) in [6.07, 6.45) is 6.53. The number of hydrogen-bond acceptors (Lipinski definition) is 3. The van der Waals surface area contributed by atoms with Crippen molar-refractivity contribution < 1.29 is 5.11 Å². The van der Waals surface area contributed by atoms with Crippen LogP contribution in [0.5, 0.6) is 0 Å². The zero-order valence-corrected chi connectivity index (χ0v) is 11.3. The monoisotopic (exact) mass is 248 g/mol. The van der Waals surface area contributed by atoms with E-state index in [1.807, 2.05) is 18.2 Å². The molecule has 0 aliphatic carbocycles. The van der Waals surface area contributed by atoms with Crippen molar-refractivity contribution in [2.45, 2.75) is 44.6 Å². The van der Waals surface area contributed by atoms with Crippen molar-refractivity contribution in [2.24, 2.45) is 0 Å². The number of hydrogen-bond donors (Lipinski definition) is 1. The predicted molar refractivity (Wildman–Crippen MR) is 73.5 cm³/mol. The second kappa shape index (κ2) is 6.30. The number of likely N-dealkylation sites (tertiary alicyclic amines) is 1. The van der Waals surface area contributed by atoms with Gasteiger partial charge >= 0.3 is 0 Å². The lowest BCUT2D eigenvalue weighted by molar-refractivity contribution is 0.0248. The maximum Gasteiger partial charge on any atom is 0.0715 e. The van der Waals surface area contributed by atoms with E-state index in [1.165, 1.54) is 6.42 Å². The molecule has 1 unspecified atom stereocenters. The van der Waals surface area contributed by atoms with Crippen molar-refractivity contribution in [2.75, 3.05) is 19.6 Å². The molecule has 18 heavy (non-hydrogen) atoms. The van der Waals surface area contributed by atoms with E-state index in [-0.39, 0.29) is 0 Å². The summed E-state index contributed by atoms with van der Waals surface area (Å²) in [6, 6.07) is 5.92. The molecule has 0 amide bonds. The Balaban J connectivity index is 1.95. The van der Waals surface area contributed by atoms with Crippen LogP contribution in [0, 0.1) is 0 Å². The topological polar surface area (TPSA) is 36.4 Å². The lowest BCUT2D eigenvalue weighted by atomic mass is 9.89. The molecule has 0 spiro atoms. The fraction of sp³-hybridized carbons (Fsp3) is 0.667. The maximum atomic E-state index is 10.7. The van der Waals surface area contributed by atoms with Crippen LogP contribution in [0.4, 0.5) is 0 Å². The van der Waals surface area contributed by atoms with Crippen molar-refractivity contribution >= 4 is 0 Å². The summed E-state index contributed by atoms with van der Waals surface area (Å²) in [5.41, 5.74) is 0.445. The van der Waals surface area contributed by atoms with E-state index >= 15 is 0 Å². The van der Waals surface area contributed by atoms with E-state index in [2.05, 4.69) is 16.8 Å². The molecule has 0 aromatic carbocycles. The molecule has 0 saturated carbocycles. The lowest BCUT2D eigenvalue weighted by Crippen LogP contribution is -2.33. The van der Waals surface area contributed by atoms with Crippen LogP contribution < -0.4 is 0 Å². The average molecular weight is 248 g/mol. The predicted octanol–water partition coefficient (Wildman–Crippen LogP) is 2.25. The van der Waals surface area contributed by atoms with Gasteiger partial charge in [0.1, 0.15) is 0 Å². The van der Waals surface area contributed by atoms with E-state index in [1.54, 1.807) is 6.20 Å². The molecule has 2 heterocycles. The summed E-state index contributed by atoms with van der Waals surface area (Å²) in [5, 5.41) is 10.7. The summed E-state index contributed by atoms with van der Waals surface area (Å²) >= 11 is 0. The van der Waals surface area contributed by atoms with Gasteiger partial charge in [-0.2, -0.15) is 0 Å². The van der Waals surface area contributed by atoms with Crippen LogP contribution in [-0.4, -0.2) is 40.2 Å². The van der Waals surface area contributed by atoms with Gasteiger partial charge in [0.05, 0.1) is 5.60 Å². The highest BCUT2D eigenvalue weighted by Crippen LogP contribution is 2.25. The zero-order valence-electron chi connectivity index (χ0n) is 11.3. The molecule has 1 aliphatic heterocycles. The molecular weight excluding hydrogens is 224 g/mol. The Morgan fingerprint density at radius 1 is 1.33 bits per heavy atom. The highest BCUT2D eigenvalue weighted by atomic mass is 16.3. The van der Waals surface area contributed by atoms with E-state index in [0.29, 0.717) is 6.42 Å². The van der Waals surface area contributed by atoms with Crippen molar-refractivity contribution in [3.05, 3.63) is 30.1 Å². The standard InChI is InChI=1S/C15H24N2O/c1-2-10-17-11-5-7-15(18,8-12-17)13-14-6-3-4-9-16-14/h3-4,6,9,18H,2,5,7-8,10-13H2,1H3. The Labute approximate surface area is 110 Å². The Hall–Kier alpha value is -0.930. The van der Waals surface area contributed by atoms with Crippen molar-refractivity contribution in [3.8, 4) is 0 Å². The summed E-state index contributed by atoms with van der Waals surface area (Å²) in [5.74, 6) is 0. The molecule has 2 rings (SSSR count). The molecular formula is C15H24N2O. The first-order valence-corrected chi connectivity index (χ1v) is 7.06. The molecule has 100 valence electrons. The van der Waals surface area contributed by atoms with Crippen molar-refractivity contribution in [3.63, 3.8) is 0 Å². The lowest BCUT2D eigenvalue weighted by Gasteiger charge is -2.26. The van der Waals surface area contributed by atoms with E-state index in [9.17, 15) is 5.11 Å². The van der Waals surface area contributed by atoms with E-state index in [4.69, 9.17) is 0 Å². The van der Waals surface area contributed by atoms with Crippen LogP contribution >= 0.6 is 0 Å². The third-order valence-corrected chi connectivity index (χ3v) is 3.79. The highest BCUT2D eigenvalue weighted by molar-refractivity contribution is 5.07. The van der Waals surface area contributed by atoms with Gasteiger partial charge in [-0.1, -0.05) is 13.0 Å². The van der Waals surface area contributed by atoms with Crippen LogP contribution in [0.25, 0.3) is 0 Å². The minimum atomic E-state index is -0.559. The quantitative estimate of drug-likeness (QED) is 0.888. The van der Waals surface area contributed by atoms with Gasteiger partial charge in [0.15, 0.2) is 0 Å². The third kappa shape index (κ3) is 3.79. The average Bonchev–Trinajstić information content (AvgIpc) is 2.54. The number of aromatic nitrogens is 1. The zero-order chi connectivity index (χ0) is 12.8. The normalized spacial score (nSPS) is 25.9. The second-order valence-electron chi connectivity index (χ2n) is 5.42. The smallest absolute Gasteiger partial charge is 0.0715 e. The molecule has 1 saturated heterocycles. The molecule has 0 bridgehead atoms. The van der Waals surface area contributed by atoms with Gasteiger partial charge in [-0.3, -0.25) is 4.98 Å². The van der Waals surface area contributed by atoms with Gasteiger partial charge in [0.2, 0.25) is 0 Å². The first kappa shape index (κ1) is 13.5. The highest BCUT2D eigenvalue weighted by Gasteiger charge is 2.30. The summed E-state index contributed by atoms with van der Waals surface area (Å²) in [7, 11) is 0. The van der Waals surface area contributed by atoms with Gasteiger partial charge in [0.25, 0.3) is 0 Å². The fourth-order valence-electron chi connectivity index (χ4n) is 2.79. The number of rotatable bonds is 4. The molecule has 1 fully saturated rings. The first-order chi connectivity index (χ1) is 8.72. The molecule has 1 aromatic rings. The van der Waals surface area contributed by atoms with Crippen LogP contribution in [0.1, 0.15) is 38.3 Å².